The minimum atomic E-state index is -1.18. The van der Waals surface area contributed by atoms with Gasteiger partial charge in [-0.25, -0.2) is 0 Å². The Morgan fingerprint density at radius 2 is 1.27 bits per heavy atom. The Bertz CT molecular complexity index is 454. The van der Waals surface area contributed by atoms with Crippen LogP contribution in [0.2, 0.25) is 19.6 Å². The van der Waals surface area contributed by atoms with Crippen molar-refractivity contribution in [2.24, 2.45) is 0 Å². The quantitative estimate of drug-likeness (QED) is 0.194. The number of unbranched alkanes of at least 4 members (excludes halogenated alkanes) is 1. The van der Waals surface area contributed by atoms with Crippen LogP contribution in [-0.2, 0) is 0 Å². The fraction of sp³-hybridized carbons (Fsp3) is 0.619. The van der Waals surface area contributed by atoms with Gasteiger partial charge in [0.05, 0.1) is 0 Å². The summed E-state index contributed by atoms with van der Waals surface area (Å²) in [6.07, 6.45) is 13.9. The monoisotopic (exact) mass is 316 g/mol. The topological polar surface area (TPSA) is 0 Å². The van der Waals surface area contributed by atoms with Crippen LogP contribution in [0, 0.1) is 11.5 Å². The van der Waals surface area contributed by atoms with Gasteiger partial charge in [0, 0.05) is 6.42 Å². The Balaban J connectivity index is 3.96. The second kappa shape index (κ2) is 11.5. The summed E-state index contributed by atoms with van der Waals surface area (Å²) in [6.45, 7) is 15.7. The molecule has 0 aromatic heterocycles. The van der Waals surface area contributed by atoms with Crippen molar-refractivity contribution in [3.63, 3.8) is 0 Å². The van der Waals surface area contributed by atoms with Gasteiger partial charge in [0.2, 0.25) is 0 Å². The van der Waals surface area contributed by atoms with Crippen LogP contribution in [0.15, 0.2) is 34.9 Å². The Morgan fingerprint density at radius 3 is 1.77 bits per heavy atom. The second-order valence-corrected chi connectivity index (χ2v) is 12.3. The van der Waals surface area contributed by atoms with Crippen LogP contribution in [-0.4, -0.2) is 8.07 Å². The van der Waals surface area contributed by atoms with Gasteiger partial charge in [0.1, 0.15) is 8.07 Å². The first-order valence-electron chi connectivity index (χ1n) is 8.65. The van der Waals surface area contributed by atoms with Gasteiger partial charge in [-0.1, -0.05) is 54.6 Å². The van der Waals surface area contributed by atoms with E-state index < -0.39 is 8.07 Å². The molecule has 0 amide bonds. The van der Waals surface area contributed by atoms with E-state index in [1.807, 2.05) is 0 Å². The average molecular weight is 317 g/mol. The van der Waals surface area contributed by atoms with Gasteiger partial charge in [-0.2, -0.15) is 0 Å². The molecule has 0 aliphatic heterocycles. The van der Waals surface area contributed by atoms with Crippen molar-refractivity contribution in [3.05, 3.63) is 34.9 Å². The molecule has 0 aromatic carbocycles. The molecule has 22 heavy (non-hydrogen) atoms. The van der Waals surface area contributed by atoms with E-state index >= 15 is 0 Å². The van der Waals surface area contributed by atoms with Gasteiger partial charge in [0.25, 0.3) is 0 Å². The van der Waals surface area contributed by atoms with E-state index in [2.05, 4.69) is 77.0 Å². The van der Waals surface area contributed by atoms with Crippen LogP contribution in [0.1, 0.15) is 66.2 Å². The molecule has 0 N–H and O–H groups in total. The third-order valence-electron chi connectivity index (χ3n) is 3.35. The van der Waals surface area contributed by atoms with Gasteiger partial charge >= 0.3 is 0 Å². The van der Waals surface area contributed by atoms with Gasteiger partial charge in [-0.15, -0.1) is 11.5 Å². The molecule has 0 atom stereocenters. The summed E-state index contributed by atoms with van der Waals surface area (Å²) < 4.78 is 0. The molecule has 0 unspecified atom stereocenters. The maximum atomic E-state index is 3.43. The highest BCUT2D eigenvalue weighted by molar-refractivity contribution is 6.83. The molecule has 0 saturated carbocycles. The predicted molar refractivity (Wildman–Crippen MR) is 106 cm³/mol. The maximum Gasteiger partial charge on any atom is 0.129 e. The lowest BCUT2D eigenvalue weighted by molar-refractivity contribution is 0.909. The zero-order valence-corrected chi connectivity index (χ0v) is 17.0. The van der Waals surface area contributed by atoms with Crippen molar-refractivity contribution in [1.82, 2.24) is 0 Å². The van der Waals surface area contributed by atoms with Crippen molar-refractivity contribution >= 4 is 8.07 Å². The summed E-state index contributed by atoms with van der Waals surface area (Å²) >= 11 is 0. The first kappa shape index (κ1) is 21.0. The molecule has 0 saturated heterocycles. The normalized spacial score (nSPS) is 12.7. The van der Waals surface area contributed by atoms with E-state index in [4.69, 9.17) is 0 Å². The zero-order valence-electron chi connectivity index (χ0n) is 16.0. The van der Waals surface area contributed by atoms with Crippen molar-refractivity contribution in [2.75, 3.05) is 0 Å². The lowest BCUT2D eigenvalue weighted by atomic mass is 10.1. The maximum absolute atomic E-state index is 3.43. The van der Waals surface area contributed by atoms with Crippen LogP contribution in [0.4, 0.5) is 0 Å². The average Bonchev–Trinajstić information content (AvgIpc) is 2.36. The first-order chi connectivity index (χ1) is 10.2. The minimum absolute atomic E-state index is 1.01. The number of hydrogen-bond donors (Lipinski definition) is 0. The van der Waals surface area contributed by atoms with Crippen LogP contribution in [0.25, 0.3) is 0 Å². The third-order valence-corrected chi connectivity index (χ3v) is 4.28. The van der Waals surface area contributed by atoms with Crippen molar-refractivity contribution < 1.29 is 0 Å². The summed E-state index contributed by atoms with van der Waals surface area (Å²) in [5.74, 6) is 3.34. The van der Waals surface area contributed by atoms with Crippen molar-refractivity contribution in [1.29, 1.82) is 0 Å². The highest BCUT2D eigenvalue weighted by atomic mass is 28.3. The predicted octanol–water partition coefficient (Wildman–Crippen LogP) is 7.07. The molecule has 0 aliphatic carbocycles. The smallest absolute Gasteiger partial charge is 0.129 e. The third kappa shape index (κ3) is 15.4. The summed E-state index contributed by atoms with van der Waals surface area (Å²) in [7, 11) is -1.18. The SMILES string of the molecule is CC(C)=CCC/C(C)=C/CC/C(C)=C/CCC#C[Si](C)(C)C. The molecule has 0 nitrogen and oxygen atoms in total. The summed E-state index contributed by atoms with van der Waals surface area (Å²) in [5, 5.41) is 0. The highest BCUT2D eigenvalue weighted by Crippen LogP contribution is 2.12. The molecule has 0 radical (unpaired) electrons. The standard InChI is InChI=1S/C21H36Si/c1-19(2)13-11-15-21(4)17-12-16-20(3)14-9-8-10-18-22(5,6)7/h13-14,17H,8-9,11-12,15-16H2,1-7H3/b20-14+,21-17+. The molecule has 0 rings (SSSR count). The fourth-order valence-electron chi connectivity index (χ4n) is 2.06. The first-order valence-corrected chi connectivity index (χ1v) is 12.2. The number of allylic oxidation sites excluding steroid dienone is 6. The molecule has 0 aliphatic rings. The molecule has 1 heteroatoms. The van der Waals surface area contributed by atoms with Gasteiger partial charge in [-0.05, 0) is 59.8 Å². The van der Waals surface area contributed by atoms with Crippen LogP contribution < -0.4 is 0 Å². The molecule has 0 fully saturated rings. The highest BCUT2D eigenvalue weighted by Gasteiger charge is 2.06. The summed E-state index contributed by atoms with van der Waals surface area (Å²) in [4.78, 5) is 0. The summed E-state index contributed by atoms with van der Waals surface area (Å²) in [5.41, 5.74) is 7.87. The van der Waals surface area contributed by atoms with Crippen molar-refractivity contribution in [2.45, 2.75) is 85.9 Å². The molecular weight excluding hydrogens is 280 g/mol. The lowest BCUT2D eigenvalue weighted by Crippen LogP contribution is -2.16. The molecule has 0 aromatic rings. The van der Waals surface area contributed by atoms with E-state index in [1.54, 1.807) is 0 Å². The van der Waals surface area contributed by atoms with Gasteiger partial charge in [-0.3, -0.25) is 0 Å². The number of rotatable bonds is 8. The Kier molecular flexibility index (Phi) is 11.0. The van der Waals surface area contributed by atoms with Crippen molar-refractivity contribution in [3.8, 4) is 11.5 Å². The lowest BCUT2D eigenvalue weighted by Gasteiger charge is -2.03. The van der Waals surface area contributed by atoms with Crippen LogP contribution >= 0.6 is 0 Å². The fourth-order valence-corrected chi connectivity index (χ4v) is 2.71. The second-order valence-electron chi connectivity index (χ2n) is 7.55. The minimum Gasteiger partial charge on any atom is -0.132 e. The van der Waals surface area contributed by atoms with Gasteiger partial charge in [0.15, 0.2) is 0 Å². The van der Waals surface area contributed by atoms with E-state index in [0.717, 1.165) is 12.8 Å². The van der Waals surface area contributed by atoms with Crippen LogP contribution in [0.3, 0.4) is 0 Å². The number of hydrogen-bond acceptors (Lipinski definition) is 0. The molecule has 0 bridgehead atoms. The molecular formula is C21H36Si. The van der Waals surface area contributed by atoms with Gasteiger partial charge < -0.3 is 0 Å². The van der Waals surface area contributed by atoms with E-state index in [1.165, 1.54) is 42.4 Å². The van der Waals surface area contributed by atoms with E-state index in [0.29, 0.717) is 0 Å². The van der Waals surface area contributed by atoms with E-state index in [9.17, 15) is 0 Å². The Hall–Kier alpha value is -1.00. The largest absolute Gasteiger partial charge is 0.132 e. The van der Waals surface area contributed by atoms with E-state index in [-0.39, 0.29) is 0 Å². The molecule has 0 heterocycles. The Labute approximate surface area is 140 Å². The summed E-state index contributed by atoms with van der Waals surface area (Å²) in [6, 6.07) is 0. The van der Waals surface area contributed by atoms with Crippen LogP contribution in [0.5, 0.6) is 0 Å². The Morgan fingerprint density at radius 1 is 0.773 bits per heavy atom. The molecule has 124 valence electrons. The molecule has 0 spiro atoms. The zero-order chi connectivity index (χ0) is 17.0.